The average Bonchev–Trinajstić information content (AvgIpc) is 2.61. The predicted molar refractivity (Wildman–Crippen MR) is 108 cm³/mol. The van der Waals surface area contributed by atoms with Crippen LogP contribution in [0, 0.1) is 0 Å². The third kappa shape index (κ3) is 4.98. The molecule has 0 radical (unpaired) electrons. The first kappa shape index (κ1) is 20.3. The molecule has 26 heavy (non-hydrogen) atoms. The summed E-state index contributed by atoms with van der Waals surface area (Å²) in [5.74, 6) is 1.42. The molecule has 2 aromatic rings. The summed E-state index contributed by atoms with van der Waals surface area (Å²) in [4.78, 5) is 12.3. The van der Waals surface area contributed by atoms with Gasteiger partial charge < -0.3 is 14.2 Å². The van der Waals surface area contributed by atoms with E-state index < -0.39 is 0 Å². The molecule has 2 rings (SSSR count). The second-order valence-electron chi connectivity index (χ2n) is 5.02. The summed E-state index contributed by atoms with van der Waals surface area (Å²) in [5, 5.41) is 3.99. The highest BCUT2D eigenvalue weighted by Gasteiger charge is 2.11. The van der Waals surface area contributed by atoms with Crippen molar-refractivity contribution in [3.63, 3.8) is 0 Å². The molecule has 0 aliphatic rings. The Hall–Kier alpha value is -2.06. The highest BCUT2D eigenvalue weighted by atomic mass is 79.9. The van der Waals surface area contributed by atoms with Crippen LogP contribution in [0.4, 0.5) is 0 Å². The van der Waals surface area contributed by atoms with Crippen LogP contribution in [-0.4, -0.2) is 32.9 Å². The molecule has 138 valence electrons. The number of nitrogens with zero attached hydrogens (tertiary/aromatic N) is 1. The van der Waals surface area contributed by atoms with Crippen LogP contribution in [0.3, 0.4) is 0 Å². The van der Waals surface area contributed by atoms with Crippen molar-refractivity contribution in [2.45, 2.75) is 6.92 Å². The molecule has 0 aromatic heterocycles. The molecule has 0 fully saturated rings. The van der Waals surface area contributed by atoms with E-state index in [1.807, 2.05) is 19.1 Å². The second kappa shape index (κ2) is 9.59. The molecular weight excluding hydrogens is 468 g/mol. The van der Waals surface area contributed by atoms with E-state index >= 15 is 0 Å². The third-order valence-electron chi connectivity index (χ3n) is 3.33. The molecule has 6 nitrogen and oxygen atoms in total. The number of hydrazone groups is 1. The van der Waals surface area contributed by atoms with Gasteiger partial charge in [-0.05, 0) is 74.7 Å². The van der Waals surface area contributed by atoms with Crippen LogP contribution in [0.15, 0.2) is 44.4 Å². The first-order valence-corrected chi connectivity index (χ1v) is 9.26. The maximum atomic E-state index is 12.3. The zero-order valence-electron chi connectivity index (χ0n) is 14.5. The predicted octanol–water partition coefficient (Wildman–Crippen LogP) is 4.39. The Kier molecular flexibility index (Phi) is 7.47. The molecular formula is C18H18Br2N2O4. The minimum Gasteiger partial charge on any atom is -0.494 e. The van der Waals surface area contributed by atoms with Gasteiger partial charge >= 0.3 is 0 Å². The van der Waals surface area contributed by atoms with Gasteiger partial charge in [0.25, 0.3) is 5.91 Å². The van der Waals surface area contributed by atoms with Crippen molar-refractivity contribution in [3.05, 3.63) is 50.4 Å². The molecule has 0 unspecified atom stereocenters. The zero-order chi connectivity index (χ0) is 19.1. The minimum absolute atomic E-state index is 0.350. The fourth-order valence-electron chi connectivity index (χ4n) is 2.17. The standard InChI is InChI=1S/C18H18Br2N2O4/c1-4-26-16-9-12(5-6-15(16)24-2)18(23)22-21-10-11-7-13(19)17(25-3)14(20)8-11/h5-10H,4H2,1-3H3,(H,22,23)/b21-10+. The van der Waals surface area contributed by atoms with Crippen LogP contribution >= 0.6 is 31.9 Å². The number of rotatable bonds is 7. The fraction of sp³-hybridized carbons (Fsp3) is 0.222. The molecule has 0 aliphatic carbocycles. The van der Waals surface area contributed by atoms with Gasteiger partial charge in [-0.1, -0.05) is 0 Å². The average molecular weight is 486 g/mol. The van der Waals surface area contributed by atoms with Crippen molar-refractivity contribution in [3.8, 4) is 17.2 Å². The van der Waals surface area contributed by atoms with Crippen LogP contribution in [0.2, 0.25) is 0 Å². The molecule has 0 saturated carbocycles. The van der Waals surface area contributed by atoms with Crippen LogP contribution < -0.4 is 19.6 Å². The molecule has 2 aromatic carbocycles. The van der Waals surface area contributed by atoms with Crippen molar-refractivity contribution < 1.29 is 19.0 Å². The summed E-state index contributed by atoms with van der Waals surface area (Å²) < 4.78 is 17.5. The Morgan fingerprint density at radius 3 is 2.38 bits per heavy atom. The number of methoxy groups -OCH3 is 2. The summed E-state index contributed by atoms with van der Waals surface area (Å²) in [6.45, 7) is 2.34. The highest BCUT2D eigenvalue weighted by Crippen LogP contribution is 2.34. The lowest BCUT2D eigenvalue weighted by Gasteiger charge is -2.10. The Balaban J connectivity index is 2.11. The van der Waals surface area contributed by atoms with Gasteiger partial charge in [0.2, 0.25) is 0 Å². The number of benzene rings is 2. The summed E-state index contributed by atoms with van der Waals surface area (Å²) in [5.41, 5.74) is 3.70. The van der Waals surface area contributed by atoms with E-state index in [4.69, 9.17) is 14.2 Å². The van der Waals surface area contributed by atoms with Gasteiger partial charge in [0.1, 0.15) is 5.75 Å². The maximum absolute atomic E-state index is 12.3. The van der Waals surface area contributed by atoms with Crippen molar-refractivity contribution in [1.82, 2.24) is 5.43 Å². The van der Waals surface area contributed by atoms with Gasteiger partial charge in [0.15, 0.2) is 11.5 Å². The van der Waals surface area contributed by atoms with Crippen LogP contribution in [-0.2, 0) is 0 Å². The largest absolute Gasteiger partial charge is 0.494 e. The van der Waals surface area contributed by atoms with E-state index in [0.29, 0.717) is 29.4 Å². The van der Waals surface area contributed by atoms with Crippen molar-refractivity contribution in [2.75, 3.05) is 20.8 Å². The molecule has 0 aliphatic heterocycles. The third-order valence-corrected chi connectivity index (χ3v) is 4.51. The highest BCUT2D eigenvalue weighted by molar-refractivity contribution is 9.11. The van der Waals surface area contributed by atoms with Gasteiger partial charge in [-0.3, -0.25) is 4.79 Å². The SMILES string of the molecule is CCOc1cc(C(=O)N/N=C/c2cc(Br)c(OC)c(Br)c2)ccc1OC. The first-order chi connectivity index (χ1) is 12.5. The summed E-state index contributed by atoms with van der Waals surface area (Å²) in [7, 11) is 3.14. The zero-order valence-corrected chi connectivity index (χ0v) is 17.7. The molecule has 8 heteroatoms. The van der Waals surface area contributed by atoms with E-state index in [1.54, 1.807) is 38.6 Å². The van der Waals surface area contributed by atoms with E-state index in [1.165, 1.54) is 0 Å². The lowest BCUT2D eigenvalue weighted by Crippen LogP contribution is -2.17. The Bertz CT molecular complexity index is 802. The number of carbonyl (C=O) groups excluding carboxylic acids is 1. The Morgan fingerprint density at radius 2 is 1.81 bits per heavy atom. The summed E-state index contributed by atoms with van der Waals surface area (Å²) in [6, 6.07) is 8.61. The Morgan fingerprint density at radius 1 is 1.12 bits per heavy atom. The lowest BCUT2D eigenvalue weighted by molar-refractivity contribution is 0.0954. The van der Waals surface area contributed by atoms with Gasteiger partial charge in [-0.25, -0.2) is 5.43 Å². The molecule has 1 N–H and O–H groups in total. The van der Waals surface area contributed by atoms with Gasteiger partial charge in [0.05, 0.1) is 36.0 Å². The first-order valence-electron chi connectivity index (χ1n) is 7.67. The second-order valence-corrected chi connectivity index (χ2v) is 6.72. The normalized spacial score (nSPS) is 10.7. The monoisotopic (exact) mass is 484 g/mol. The van der Waals surface area contributed by atoms with Crippen LogP contribution in [0.5, 0.6) is 17.2 Å². The molecule has 0 bridgehead atoms. The molecule has 0 heterocycles. The van der Waals surface area contributed by atoms with Gasteiger partial charge in [-0.2, -0.15) is 5.10 Å². The number of ether oxygens (including phenoxy) is 3. The maximum Gasteiger partial charge on any atom is 0.271 e. The van der Waals surface area contributed by atoms with E-state index in [9.17, 15) is 4.79 Å². The number of hydrogen-bond acceptors (Lipinski definition) is 5. The van der Waals surface area contributed by atoms with E-state index in [-0.39, 0.29) is 5.91 Å². The van der Waals surface area contributed by atoms with Crippen molar-refractivity contribution >= 4 is 44.0 Å². The van der Waals surface area contributed by atoms with Crippen LogP contribution in [0.1, 0.15) is 22.8 Å². The van der Waals surface area contributed by atoms with E-state index in [2.05, 4.69) is 42.4 Å². The molecule has 1 amide bonds. The lowest BCUT2D eigenvalue weighted by atomic mass is 10.2. The number of halogens is 2. The summed E-state index contributed by atoms with van der Waals surface area (Å²) >= 11 is 6.84. The smallest absolute Gasteiger partial charge is 0.271 e. The molecule has 0 spiro atoms. The topological polar surface area (TPSA) is 69.2 Å². The van der Waals surface area contributed by atoms with Gasteiger partial charge in [-0.15, -0.1) is 0 Å². The number of nitrogens with one attached hydrogen (secondary N) is 1. The number of amides is 1. The van der Waals surface area contributed by atoms with Gasteiger partial charge in [0, 0.05) is 5.56 Å². The van der Waals surface area contributed by atoms with Crippen molar-refractivity contribution in [2.24, 2.45) is 5.10 Å². The fourth-order valence-corrected chi connectivity index (χ4v) is 3.71. The molecule has 0 atom stereocenters. The summed E-state index contributed by atoms with van der Waals surface area (Å²) in [6.07, 6.45) is 1.54. The van der Waals surface area contributed by atoms with E-state index in [0.717, 1.165) is 14.5 Å². The Labute approximate surface area is 168 Å². The quantitative estimate of drug-likeness (QED) is 0.466. The minimum atomic E-state index is -0.350. The number of carbonyl (C=O) groups is 1. The molecule has 0 saturated heterocycles. The van der Waals surface area contributed by atoms with Crippen molar-refractivity contribution in [1.29, 1.82) is 0 Å². The van der Waals surface area contributed by atoms with Crippen LogP contribution in [0.25, 0.3) is 0 Å². The number of hydrogen-bond donors (Lipinski definition) is 1.